The molecule has 0 saturated carbocycles. The van der Waals surface area contributed by atoms with E-state index in [0.717, 1.165) is 31.5 Å². The quantitative estimate of drug-likeness (QED) is 0.756. The van der Waals surface area contributed by atoms with Crippen LogP contribution in [0.2, 0.25) is 0 Å². The first-order valence-corrected chi connectivity index (χ1v) is 6.19. The standard InChI is InChI=1S/C14H19FN/c1-2-9-16-10-7-12(8-11-16)13-5-3-4-6-14(13)15/h3-5,12H,2,7-11H2,1H3. The van der Waals surface area contributed by atoms with E-state index in [1.165, 1.54) is 13.0 Å². The predicted octanol–water partition coefficient (Wildman–Crippen LogP) is 3.22. The van der Waals surface area contributed by atoms with Crippen molar-refractivity contribution in [2.24, 2.45) is 0 Å². The number of halogens is 1. The van der Waals surface area contributed by atoms with Crippen LogP contribution in [0.5, 0.6) is 0 Å². The van der Waals surface area contributed by atoms with Gasteiger partial charge in [-0.05, 0) is 50.4 Å². The second-order valence-electron chi connectivity index (χ2n) is 4.56. The van der Waals surface area contributed by atoms with Crippen LogP contribution in [-0.4, -0.2) is 24.5 Å². The monoisotopic (exact) mass is 220 g/mol. The summed E-state index contributed by atoms with van der Waals surface area (Å²) >= 11 is 0. The number of piperidine rings is 1. The van der Waals surface area contributed by atoms with Crippen LogP contribution in [0.3, 0.4) is 0 Å². The molecule has 1 aromatic carbocycles. The molecule has 1 nitrogen and oxygen atoms in total. The fraction of sp³-hybridized carbons (Fsp3) is 0.571. The van der Waals surface area contributed by atoms with Gasteiger partial charge in [0.1, 0.15) is 5.82 Å². The van der Waals surface area contributed by atoms with Crippen LogP contribution in [0.1, 0.15) is 37.7 Å². The molecule has 1 aromatic rings. The Morgan fingerprint density at radius 2 is 2.19 bits per heavy atom. The van der Waals surface area contributed by atoms with Gasteiger partial charge in [0.05, 0.1) is 0 Å². The van der Waals surface area contributed by atoms with Crippen molar-refractivity contribution in [3.63, 3.8) is 0 Å². The smallest absolute Gasteiger partial charge is 0.134 e. The molecule has 0 spiro atoms. The second-order valence-corrected chi connectivity index (χ2v) is 4.56. The Hall–Kier alpha value is -0.890. The maximum atomic E-state index is 13.6. The molecule has 0 bridgehead atoms. The molecular weight excluding hydrogens is 201 g/mol. The number of likely N-dealkylation sites (tertiary alicyclic amines) is 1. The van der Waals surface area contributed by atoms with E-state index in [2.05, 4.69) is 17.9 Å². The fourth-order valence-corrected chi connectivity index (χ4v) is 2.53. The van der Waals surface area contributed by atoms with Gasteiger partial charge in [0.25, 0.3) is 0 Å². The lowest BCUT2D eigenvalue weighted by atomic mass is 9.89. The van der Waals surface area contributed by atoms with Crippen molar-refractivity contribution in [1.82, 2.24) is 4.90 Å². The van der Waals surface area contributed by atoms with E-state index in [4.69, 9.17) is 0 Å². The van der Waals surface area contributed by atoms with Gasteiger partial charge in [0.15, 0.2) is 0 Å². The van der Waals surface area contributed by atoms with Gasteiger partial charge in [-0.15, -0.1) is 0 Å². The third-order valence-corrected chi connectivity index (χ3v) is 3.40. The molecule has 87 valence electrons. The van der Waals surface area contributed by atoms with Crippen LogP contribution in [0.25, 0.3) is 0 Å². The van der Waals surface area contributed by atoms with Gasteiger partial charge in [-0.25, -0.2) is 4.39 Å². The van der Waals surface area contributed by atoms with E-state index < -0.39 is 0 Å². The lowest BCUT2D eigenvalue weighted by Crippen LogP contribution is -2.33. The zero-order valence-corrected chi connectivity index (χ0v) is 9.88. The van der Waals surface area contributed by atoms with E-state index >= 15 is 0 Å². The molecular formula is C14H19FN. The molecule has 0 atom stereocenters. The van der Waals surface area contributed by atoms with Crippen molar-refractivity contribution >= 4 is 0 Å². The van der Waals surface area contributed by atoms with Crippen molar-refractivity contribution in [3.8, 4) is 0 Å². The summed E-state index contributed by atoms with van der Waals surface area (Å²) in [5.41, 5.74) is 0.860. The molecule has 0 amide bonds. The number of nitrogens with zero attached hydrogens (tertiary/aromatic N) is 1. The van der Waals surface area contributed by atoms with Gasteiger partial charge >= 0.3 is 0 Å². The van der Waals surface area contributed by atoms with Gasteiger partial charge in [0, 0.05) is 6.07 Å². The van der Waals surface area contributed by atoms with E-state index in [1.54, 1.807) is 6.07 Å². The Morgan fingerprint density at radius 3 is 2.81 bits per heavy atom. The number of rotatable bonds is 3. The lowest BCUT2D eigenvalue weighted by molar-refractivity contribution is 0.211. The average molecular weight is 220 g/mol. The van der Waals surface area contributed by atoms with Gasteiger partial charge in [-0.1, -0.05) is 25.1 Å². The van der Waals surface area contributed by atoms with Gasteiger partial charge in [-0.2, -0.15) is 0 Å². The largest absolute Gasteiger partial charge is 0.303 e. The minimum atomic E-state index is -0.156. The molecule has 0 N–H and O–H groups in total. The van der Waals surface area contributed by atoms with E-state index in [-0.39, 0.29) is 5.82 Å². The van der Waals surface area contributed by atoms with Crippen LogP contribution in [0.15, 0.2) is 18.2 Å². The third kappa shape index (κ3) is 2.62. The van der Waals surface area contributed by atoms with Crippen molar-refractivity contribution in [2.45, 2.75) is 32.1 Å². The molecule has 16 heavy (non-hydrogen) atoms. The zero-order chi connectivity index (χ0) is 11.4. The van der Waals surface area contributed by atoms with E-state index in [1.807, 2.05) is 12.1 Å². The molecule has 1 fully saturated rings. The highest BCUT2D eigenvalue weighted by Gasteiger charge is 2.21. The minimum absolute atomic E-state index is 0.156. The van der Waals surface area contributed by atoms with Crippen molar-refractivity contribution in [1.29, 1.82) is 0 Å². The highest BCUT2D eigenvalue weighted by atomic mass is 19.1. The highest BCUT2D eigenvalue weighted by molar-refractivity contribution is 5.21. The molecule has 1 radical (unpaired) electrons. The maximum absolute atomic E-state index is 13.6. The van der Waals surface area contributed by atoms with Crippen molar-refractivity contribution in [3.05, 3.63) is 35.6 Å². The number of hydrogen-bond acceptors (Lipinski definition) is 1. The Bertz CT molecular complexity index is 329. The summed E-state index contributed by atoms with van der Waals surface area (Å²) in [6, 6.07) is 8.09. The van der Waals surface area contributed by atoms with Crippen LogP contribution >= 0.6 is 0 Å². The van der Waals surface area contributed by atoms with E-state index in [9.17, 15) is 4.39 Å². The average Bonchev–Trinajstić information content (AvgIpc) is 2.31. The van der Waals surface area contributed by atoms with Crippen molar-refractivity contribution in [2.75, 3.05) is 19.6 Å². The Labute approximate surface area is 97.3 Å². The minimum Gasteiger partial charge on any atom is -0.303 e. The SMILES string of the molecule is CCCN1CCC(c2ccc[c]c2F)CC1. The molecule has 0 aromatic heterocycles. The number of benzene rings is 1. The Morgan fingerprint density at radius 1 is 1.44 bits per heavy atom. The molecule has 1 aliphatic heterocycles. The molecule has 1 aliphatic rings. The predicted molar refractivity (Wildman–Crippen MR) is 63.9 cm³/mol. The molecule has 2 heteroatoms. The van der Waals surface area contributed by atoms with Gasteiger partial charge < -0.3 is 4.90 Å². The summed E-state index contributed by atoms with van der Waals surface area (Å²) in [7, 11) is 0. The van der Waals surface area contributed by atoms with Crippen LogP contribution in [-0.2, 0) is 0 Å². The summed E-state index contributed by atoms with van der Waals surface area (Å²) in [5.74, 6) is 0.238. The molecule has 2 rings (SSSR count). The lowest BCUT2D eigenvalue weighted by Gasteiger charge is -2.31. The Balaban J connectivity index is 1.96. The summed E-state index contributed by atoms with van der Waals surface area (Å²) in [6.45, 7) is 5.59. The third-order valence-electron chi connectivity index (χ3n) is 3.40. The summed E-state index contributed by atoms with van der Waals surface area (Å²) < 4.78 is 13.6. The highest BCUT2D eigenvalue weighted by Crippen LogP contribution is 2.29. The molecule has 1 saturated heterocycles. The molecule has 1 heterocycles. The summed E-state index contributed by atoms with van der Waals surface area (Å²) in [4.78, 5) is 2.47. The van der Waals surface area contributed by atoms with Crippen LogP contribution in [0, 0.1) is 11.9 Å². The fourth-order valence-electron chi connectivity index (χ4n) is 2.53. The van der Waals surface area contributed by atoms with Gasteiger partial charge in [-0.3, -0.25) is 0 Å². The number of hydrogen-bond donors (Lipinski definition) is 0. The first-order chi connectivity index (χ1) is 7.81. The van der Waals surface area contributed by atoms with Crippen LogP contribution in [0.4, 0.5) is 4.39 Å². The van der Waals surface area contributed by atoms with Crippen LogP contribution < -0.4 is 0 Å². The maximum Gasteiger partial charge on any atom is 0.134 e. The first kappa shape index (κ1) is 11.6. The first-order valence-electron chi connectivity index (χ1n) is 6.19. The normalized spacial score (nSPS) is 18.9. The van der Waals surface area contributed by atoms with Gasteiger partial charge in [0.2, 0.25) is 0 Å². The topological polar surface area (TPSA) is 3.24 Å². The Kier molecular flexibility index (Phi) is 3.94. The van der Waals surface area contributed by atoms with Crippen molar-refractivity contribution < 1.29 is 4.39 Å². The van der Waals surface area contributed by atoms with E-state index in [0.29, 0.717) is 5.92 Å². The zero-order valence-electron chi connectivity index (χ0n) is 9.88. The molecule has 0 aliphatic carbocycles. The summed E-state index contributed by atoms with van der Waals surface area (Å²) in [6.07, 6.45) is 3.36. The summed E-state index contributed by atoms with van der Waals surface area (Å²) in [5, 5.41) is 0. The molecule has 0 unspecified atom stereocenters. The second kappa shape index (κ2) is 5.44.